The van der Waals surface area contributed by atoms with E-state index in [0.717, 1.165) is 12.8 Å². The zero-order valence-corrected chi connectivity index (χ0v) is 11.5. The number of aromatic nitrogens is 4. The minimum absolute atomic E-state index is 0.341. The minimum atomic E-state index is 0.341. The molecule has 2 aromatic heterocycles. The van der Waals surface area contributed by atoms with Crippen molar-refractivity contribution in [2.45, 2.75) is 25.8 Å². The van der Waals surface area contributed by atoms with Crippen LogP contribution < -0.4 is 5.32 Å². The van der Waals surface area contributed by atoms with Gasteiger partial charge in [0.05, 0.1) is 6.20 Å². The first kappa shape index (κ1) is 12.8. The lowest BCUT2D eigenvalue weighted by Crippen LogP contribution is -2.18. The largest absolute Gasteiger partial charge is 0.313 e. The van der Waals surface area contributed by atoms with E-state index in [2.05, 4.69) is 28.5 Å². The first-order chi connectivity index (χ1) is 8.63. The Balaban J connectivity index is 2.06. The Labute approximate surface area is 108 Å². The van der Waals surface area contributed by atoms with Crippen molar-refractivity contribution in [1.82, 2.24) is 24.9 Å². The number of hydrogen-bond donors (Lipinski definition) is 1. The third-order valence-electron chi connectivity index (χ3n) is 3.61. The maximum atomic E-state index is 4.31. The molecular formula is C13H21N5. The molecule has 2 heterocycles. The van der Waals surface area contributed by atoms with E-state index in [1.165, 1.54) is 17.0 Å². The fourth-order valence-corrected chi connectivity index (χ4v) is 2.25. The first-order valence-electron chi connectivity index (χ1n) is 6.26. The molecular weight excluding hydrogens is 226 g/mol. The minimum Gasteiger partial charge on any atom is -0.313 e. The Hall–Kier alpha value is -1.62. The Morgan fingerprint density at radius 2 is 2.06 bits per heavy atom. The van der Waals surface area contributed by atoms with Crippen molar-refractivity contribution in [3.8, 4) is 0 Å². The van der Waals surface area contributed by atoms with E-state index in [1.807, 2.05) is 42.9 Å². The highest BCUT2D eigenvalue weighted by molar-refractivity contribution is 5.20. The standard InChI is InChI=1S/C13H21N5/c1-10-12(9-16-17(10)3)13(14-2)6-5-11-7-8-15-18(11)4/h7-9,13-14H,5-6H2,1-4H3. The lowest BCUT2D eigenvalue weighted by molar-refractivity contribution is 0.532. The average molecular weight is 247 g/mol. The van der Waals surface area contributed by atoms with E-state index >= 15 is 0 Å². The first-order valence-corrected chi connectivity index (χ1v) is 6.26. The van der Waals surface area contributed by atoms with Crippen molar-refractivity contribution in [2.75, 3.05) is 7.05 Å². The summed E-state index contributed by atoms with van der Waals surface area (Å²) in [6.07, 6.45) is 5.86. The summed E-state index contributed by atoms with van der Waals surface area (Å²) >= 11 is 0. The van der Waals surface area contributed by atoms with Crippen LogP contribution in [0.1, 0.15) is 29.4 Å². The number of nitrogens with zero attached hydrogens (tertiary/aromatic N) is 4. The molecule has 18 heavy (non-hydrogen) atoms. The highest BCUT2D eigenvalue weighted by atomic mass is 15.3. The van der Waals surface area contributed by atoms with Gasteiger partial charge in [-0.15, -0.1) is 0 Å². The molecule has 0 radical (unpaired) electrons. The molecule has 0 saturated heterocycles. The molecule has 5 heteroatoms. The molecule has 0 aliphatic carbocycles. The van der Waals surface area contributed by atoms with Crippen molar-refractivity contribution in [3.63, 3.8) is 0 Å². The zero-order valence-electron chi connectivity index (χ0n) is 11.5. The van der Waals surface area contributed by atoms with Gasteiger partial charge in [-0.25, -0.2) is 0 Å². The molecule has 1 unspecified atom stereocenters. The molecule has 0 aliphatic heterocycles. The fourth-order valence-electron chi connectivity index (χ4n) is 2.25. The van der Waals surface area contributed by atoms with Crippen LogP contribution in [0.4, 0.5) is 0 Å². The van der Waals surface area contributed by atoms with E-state index in [-0.39, 0.29) is 0 Å². The van der Waals surface area contributed by atoms with E-state index in [9.17, 15) is 0 Å². The van der Waals surface area contributed by atoms with Crippen molar-refractivity contribution in [3.05, 3.63) is 35.4 Å². The van der Waals surface area contributed by atoms with Gasteiger partial charge in [-0.1, -0.05) is 0 Å². The number of nitrogens with one attached hydrogen (secondary N) is 1. The molecule has 0 spiro atoms. The van der Waals surface area contributed by atoms with Gasteiger partial charge in [0.25, 0.3) is 0 Å². The third kappa shape index (κ3) is 2.46. The monoisotopic (exact) mass is 247 g/mol. The topological polar surface area (TPSA) is 47.7 Å². The van der Waals surface area contributed by atoms with Crippen LogP contribution in [0.25, 0.3) is 0 Å². The van der Waals surface area contributed by atoms with Gasteiger partial charge in [-0.05, 0) is 32.9 Å². The van der Waals surface area contributed by atoms with Crippen LogP contribution in [0, 0.1) is 6.92 Å². The van der Waals surface area contributed by atoms with E-state index in [0.29, 0.717) is 6.04 Å². The van der Waals surface area contributed by atoms with Crippen LogP contribution in [-0.4, -0.2) is 26.6 Å². The van der Waals surface area contributed by atoms with Gasteiger partial charge in [0.2, 0.25) is 0 Å². The quantitative estimate of drug-likeness (QED) is 0.867. The number of aryl methyl sites for hydroxylation is 3. The van der Waals surface area contributed by atoms with E-state index in [4.69, 9.17) is 0 Å². The summed E-state index contributed by atoms with van der Waals surface area (Å²) in [5.41, 5.74) is 3.76. The Bertz CT molecular complexity index is 511. The average Bonchev–Trinajstić information content (AvgIpc) is 2.90. The third-order valence-corrected chi connectivity index (χ3v) is 3.61. The Kier molecular flexibility index (Phi) is 3.81. The molecule has 2 aromatic rings. The van der Waals surface area contributed by atoms with Gasteiger partial charge >= 0.3 is 0 Å². The molecule has 2 rings (SSSR count). The number of hydrogen-bond acceptors (Lipinski definition) is 3. The maximum absolute atomic E-state index is 4.31. The van der Waals surface area contributed by atoms with Crippen molar-refractivity contribution in [1.29, 1.82) is 0 Å². The highest BCUT2D eigenvalue weighted by Crippen LogP contribution is 2.21. The summed E-state index contributed by atoms with van der Waals surface area (Å²) in [7, 11) is 5.96. The van der Waals surface area contributed by atoms with Crippen LogP contribution in [0.5, 0.6) is 0 Å². The van der Waals surface area contributed by atoms with Crippen LogP contribution in [0.3, 0.4) is 0 Å². The predicted molar refractivity (Wildman–Crippen MR) is 71.3 cm³/mol. The lowest BCUT2D eigenvalue weighted by Gasteiger charge is -2.16. The molecule has 0 aromatic carbocycles. The molecule has 0 bridgehead atoms. The molecule has 1 atom stereocenters. The van der Waals surface area contributed by atoms with Crippen LogP contribution in [0.2, 0.25) is 0 Å². The van der Waals surface area contributed by atoms with Crippen LogP contribution in [0.15, 0.2) is 18.5 Å². The molecule has 0 fully saturated rings. The van der Waals surface area contributed by atoms with Crippen molar-refractivity contribution < 1.29 is 0 Å². The normalized spacial score (nSPS) is 12.9. The second-order valence-electron chi connectivity index (χ2n) is 4.64. The summed E-state index contributed by atoms with van der Waals surface area (Å²) < 4.78 is 3.85. The van der Waals surface area contributed by atoms with E-state index < -0.39 is 0 Å². The summed E-state index contributed by atoms with van der Waals surface area (Å²) in [4.78, 5) is 0. The predicted octanol–water partition coefficient (Wildman–Crippen LogP) is 1.36. The Morgan fingerprint density at radius 1 is 1.28 bits per heavy atom. The van der Waals surface area contributed by atoms with Gasteiger partial charge in [-0.3, -0.25) is 9.36 Å². The number of rotatable bonds is 5. The van der Waals surface area contributed by atoms with Crippen LogP contribution in [-0.2, 0) is 20.5 Å². The highest BCUT2D eigenvalue weighted by Gasteiger charge is 2.15. The summed E-state index contributed by atoms with van der Waals surface area (Å²) in [5.74, 6) is 0. The van der Waals surface area contributed by atoms with Crippen molar-refractivity contribution in [2.24, 2.45) is 14.1 Å². The Morgan fingerprint density at radius 3 is 2.56 bits per heavy atom. The maximum Gasteiger partial charge on any atom is 0.0540 e. The smallest absolute Gasteiger partial charge is 0.0540 e. The van der Waals surface area contributed by atoms with Crippen molar-refractivity contribution >= 4 is 0 Å². The summed E-state index contributed by atoms with van der Waals surface area (Å²) in [6, 6.07) is 2.41. The molecule has 0 saturated carbocycles. The SMILES string of the molecule is CNC(CCc1ccnn1C)c1cnn(C)c1C. The molecule has 0 amide bonds. The van der Waals surface area contributed by atoms with Gasteiger partial charge in [0, 0.05) is 43.3 Å². The molecule has 1 N–H and O–H groups in total. The van der Waals surface area contributed by atoms with E-state index in [1.54, 1.807) is 0 Å². The molecule has 0 aliphatic rings. The molecule has 98 valence electrons. The zero-order chi connectivity index (χ0) is 13.1. The molecule has 5 nitrogen and oxygen atoms in total. The summed E-state index contributed by atoms with van der Waals surface area (Å²) in [6.45, 7) is 2.11. The summed E-state index contributed by atoms with van der Waals surface area (Å²) in [5, 5.41) is 11.9. The lowest BCUT2D eigenvalue weighted by atomic mass is 10.0. The second-order valence-corrected chi connectivity index (χ2v) is 4.64. The van der Waals surface area contributed by atoms with Gasteiger partial charge in [-0.2, -0.15) is 10.2 Å². The second kappa shape index (κ2) is 5.35. The van der Waals surface area contributed by atoms with Crippen LogP contribution >= 0.6 is 0 Å². The van der Waals surface area contributed by atoms with Gasteiger partial charge in [0.1, 0.15) is 0 Å². The fraction of sp³-hybridized carbons (Fsp3) is 0.538. The van der Waals surface area contributed by atoms with Gasteiger partial charge in [0.15, 0.2) is 0 Å². The van der Waals surface area contributed by atoms with Gasteiger partial charge < -0.3 is 5.32 Å².